The fourth-order valence-electron chi connectivity index (χ4n) is 1.35. The van der Waals surface area contributed by atoms with Gasteiger partial charge < -0.3 is 4.74 Å². The van der Waals surface area contributed by atoms with Gasteiger partial charge in [-0.3, -0.25) is 4.79 Å². The Kier molecular flexibility index (Phi) is 3.54. The van der Waals surface area contributed by atoms with Crippen LogP contribution in [0.4, 0.5) is 4.39 Å². The molecule has 0 heterocycles. The lowest BCUT2D eigenvalue weighted by Gasteiger charge is -2.09. The topological polar surface area (TPSA) is 26.3 Å². The van der Waals surface area contributed by atoms with Gasteiger partial charge in [0, 0.05) is 0 Å². The molecular formula is C13H8BrFO2. The van der Waals surface area contributed by atoms with Crippen LogP contribution in [0.25, 0.3) is 0 Å². The van der Waals surface area contributed by atoms with Crippen LogP contribution in [0.15, 0.2) is 46.9 Å². The number of carbonyl (C=O) groups is 1. The maximum atomic E-state index is 12.9. The Morgan fingerprint density at radius 2 is 1.88 bits per heavy atom. The molecule has 86 valence electrons. The average molecular weight is 295 g/mol. The number of rotatable bonds is 3. The van der Waals surface area contributed by atoms with Crippen molar-refractivity contribution in [3.8, 4) is 11.5 Å². The van der Waals surface area contributed by atoms with Crippen LogP contribution in [0, 0.1) is 5.82 Å². The molecule has 2 rings (SSSR count). The Balaban J connectivity index is 2.34. The molecule has 0 radical (unpaired) electrons. The summed E-state index contributed by atoms with van der Waals surface area (Å²) >= 11 is 3.20. The molecule has 0 fully saturated rings. The van der Waals surface area contributed by atoms with Crippen LogP contribution in [0.1, 0.15) is 10.4 Å². The van der Waals surface area contributed by atoms with Crippen molar-refractivity contribution in [2.45, 2.75) is 0 Å². The Hall–Kier alpha value is -1.68. The normalized spacial score (nSPS) is 10.0. The summed E-state index contributed by atoms with van der Waals surface area (Å²) in [6.45, 7) is 0. The molecule has 2 nitrogen and oxygen atoms in total. The molecule has 0 bridgehead atoms. The Morgan fingerprint density at radius 1 is 1.12 bits per heavy atom. The maximum absolute atomic E-state index is 12.9. The summed E-state index contributed by atoms with van der Waals surface area (Å²) in [6.07, 6.45) is 0.715. The molecule has 0 atom stereocenters. The van der Waals surface area contributed by atoms with Gasteiger partial charge in [-0.1, -0.05) is 12.1 Å². The molecular weight excluding hydrogens is 287 g/mol. The predicted octanol–water partition coefficient (Wildman–Crippen LogP) is 4.19. The molecule has 0 aliphatic rings. The second-order valence-corrected chi connectivity index (χ2v) is 4.19. The predicted molar refractivity (Wildman–Crippen MR) is 66.0 cm³/mol. The first-order chi connectivity index (χ1) is 8.20. The van der Waals surface area contributed by atoms with E-state index in [4.69, 9.17) is 4.74 Å². The summed E-state index contributed by atoms with van der Waals surface area (Å²) in [6, 6.07) is 10.9. The van der Waals surface area contributed by atoms with Crippen LogP contribution in [0.3, 0.4) is 0 Å². The van der Waals surface area contributed by atoms with Crippen molar-refractivity contribution in [2.75, 3.05) is 0 Å². The van der Waals surface area contributed by atoms with Crippen LogP contribution in [0.5, 0.6) is 11.5 Å². The van der Waals surface area contributed by atoms with E-state index in [2.05, 4.69) is 15.9 Å². The third kappa shape index (κ3) is 2.71. The number of hydrogen-bond donors (Lipinski definition) is 0. The zero-order chi connectivity index (χ0) is 12.3. The monoisotopic (exact) mass is 294 g/mol. The highest BCUT2D eigenvalue weighted by Gasteiger charge is 2.07. The highest BCUT2D eigenvalue weighted by atomic mass is 79.9. The number of carbonyl (C=O) groups excluding carboxylic acids is 1. The largest absolute Gasteiger partial charge is 0.455 e. The summed E-state index contributed by atoms with van der Waals surface area (Å²) < 4.78 is 18.9. The molecule has 2 aromatic rings. The fourth-order valence-corrected chi connectivity index (χ4v) is 1.78. The molecule has 0 aliphatic heterocycles. The van der Waals surface area contributed by atoms with Gasteiger partial charge in [0.2, 0.25) is 0 Å². The lowest BCUT2D eigenvalue weighted by atomic mass is 10.2. The zero-order valence-corrected chi connectivity index (χ0v) is 10.3. The Morgan fingerprint density at radius 3 is 2.59 bits per heavy atom. The summed E-state index contributed by atoms with van der Waals surface area (Å²) in [7, 11) is 0. The van der Waals surface area contributed by atoms with Gasteiger partial charge in [-0.05, 0) is 46.3 Å². The highest BCUT2D eigenvalue weighted by molar-refractivity contribution is 9.10. The zero-order valence-electron chi connectivity index (χ0n) is 8.69. The average Bonchev–Trinajstić information content (AvgIpc) is 2.33. The van der Waals surface area contributed by atoms with E-state index >= 15 is 0 Å². The molecule has 2 aromatic carbocycles. The molecule has 0 unspecified atom stereocenters. The van der Waals surface area contributed by atoms with E-state index in [-0.39, 0.29) is 5.82 Å². The van der Waals surface area contributed by atoms with Crippen molar-refractivity contribution in [3.05, 3.63) is 58.3 Å². The molecule has 0 N–H and O–H groups in total. The van der Waals surface area contributed by atoms with Crippen LogP contribution in [-0.2, 0) is 0 Å². The van der Waals surface area contributed by atoms with Crippen LogP contribution in [-0.4, -0.2) is 6.29 Å². The second-order valence-electron chi connectivity index (χ2n) is 3.33. The van der Waals surface area contributed by atoms with E-state index in [1.54, 1.807) is 24.3 Å². The minimum Gasteiger partial charge on any atom is -0.455 e. The van der Waals surface area contributed by atoms with Gasteiger partial charge in [-0.15, -0.1) is 0 Å². The number of benzene rings is 2. The van der Waals surface area contributed by atoms with E-state index in [1.807, 2.05) is 0 Å². The standard InChI is InChI=1S/C13H8BrFO2/c14-11-7-10(15)5-6-13(11)17-12-4-2-1-3-9(12)8-16/h1-8H. The highest BCUT2D eigenvalue weighted by Crippen LogP contribution is 2.31. The van der Waals surface area contributed by atoms with Gasteiger partial charge >= 0.3 is 0 Å². The number of ether oxygens (including phenoxy) is 1. The van der Waals surface area contributed by atoms with Crippen LogP contribution >= 0.6 is 15.9 Å². The Bertz CT molecular complexity index is 555. The van der Waals surface area contributed by atoms with Crippen molar-refractivity contribution in [2.24, 2.45) is 0 Å². The molecule has 0 saturated heterocycles. The fraction of sp³-hybridized carbons (Fsp3) is 0. The van der Waals surface area contributed by atoms with Gasteiger partial charge in [-0.25, -0.2) is 4.39 Å². The lowest BCUT2D eigenvalue weighted by molar-refractivity contribution is 0.112. The summed E-state index contributed by atoms with van der Waals surface area (Å²) in [5.74, 6) is 0.545. The number of halogens is 2. The van der Waals surface area contributed by atoms with Crippen molar-refractivity contribution in [3.63, 3.8) is 0 Å². The van der Waals surface area contributed by atoms with E-state index < -0.39 is 0 Å². The van der Waals surface area contributed by atoms with Crippen LogP contribution in [0.2, 0.25) is 0 Å². The first-order valence-corrected chi connectivity index (χ1v) is 5.67. The first kappa shape index (κ1) is 11.8. The second kappa shape index (κ2) is 5.10. The molecule has 0 aliphatic carbocycles. The van der Waals surface area contributed by atoms with Crippen LogP contribution < -0.4 is 4.74 Å². The number of hydrogen-bond acceptors (Lipinski definition) is 2. The molecule has 0 amide bonds. The van der Waals surface area contributed by atoms with Gasteiger partial charge in [0.05, 0.1) is 10.0 Å². The maximum Gasteiger partial charge on any atom is 0.153 e. The summed E-state index contributed by atoms with van der Waals surface area (Å²) in [5.41, 5.74) is 0.448. The SMILES string of the molecule is O=Cc1ccccc1Oc1ccc(F)cc1Br. The minimum absolute atomic E-state index is 0.354. The Labute approximate surface area is 106 Å². The third-order valence-corrected chi connectivity index (χ3v) is 2.78. The van der Waals surface area contributed by atoms with Crippen molar-refractivity contribution < 1.29 is 13.9 Å². The van der Waals surface area contributed by atoms with E-state index in [1.165, 1.54) is 18.2 Å². The van der Waals surface area contributed by atoms with Gasteiger partial charge in [0.15, 0.2) is 6.29 Å². The van der Waals surface area contributed by atoms with Gasteiger partial charge in [0.1, 0.15) is 17.3 Å². The van der Waals surface area contributed by atoms with Gasteiger partial charge in [0.25, 0.3) is 0 Å². The molecule has 0 aromatic heterocycles. The number of para-hydroxylation sites is 1. The summed E-state index contributed by atoms with van der Waals surface area (Å²) in [5, 5.41) is 0. The quantitative estimate of drug-likeness (QED) is 0.793. The van der Waals surface area contributed by atoms with E-state index in [9.17, 15) is 9.18 Å². The third-order valence-electron chi connectivity index (χ3n) is 2.16. The van der Waals surface area contributed by atoms with Gasteiger partial charge in [-0.2, -0.15) is 0 Å². The smallest absolute Gasteiger partial charge is 0.153 e. The molecule has 17 heavy (non-hydrogen) atoms. The first-order valence-electron chi connectivity index (χ1n) is 4.88. The molecule has 0 saturated carbocycles. The number of aldehydes is 1. The van der Waals surface area contributed by atoms with Crippen molar-refractivity contribution in [1.82, 2.24) is 0 Å². The molecule has 4 heteroatoms. The summed E-state index contributed by atoms with van der Waals surface area (Å²) in [4.78, 5) is 10.8. The minimum atomic E-state index is -0.354. The van der Waals surface area contributed by atoms with E-state index in [0.717, 1.165) is 0 Å². The van der Waals surface area contributed by atoms with Crippen molar-refractivity contribution in [1.29, 1.82) is 0 Å². The van der Waals surface area contributed by atoms with E-state index in [0.29, 0.717) is 27.8 Å². The lowest BCUT2D eigenvalue weighted by Crippen LogP contribution is -1.91. The molecule has 0 spiro atoms. The van der Waals surface area contributed by atoms with Crippen molar-refractivity contribution >= 4 is 22.2 Å².